The second-order valence-electron chi connectivity index (χ2n) is 6.90. The van der Waals surface area contributed by atoms with Gasteiger partial charge >= 0.3 is 5.69 Å². The third-order valence-corrected chi connectivity index (χ3v) is 7.31. The molecule has 0 aliphatic rings. The van der Waals surface area contributed by atoms with Crippen LogP contribution in [0.5, 0.6) is 5.75 Å². The number of amides is 1. The number of benzene rings is 2. The number of nitro groups is 1. The van der Waals surface area contributed by atoms with Crippen molar-refractivity contribution in [2.24, 2.45) is 0 Å². The van der Waals surface area contributed by atoms with Crippen molar-refractivity contribution in [2.45, 2.75) is 23.6 Å². The monoisotopic (exact) mass is 467 g/mol. The van der Waals surface area contributed by atoms with Gasteiger partial charge in [-0.25, -0.2) is 12.7 Å². The lowest BCUT2D eigenvalue weighted by Gasteiger charge is -2.16. The van der Waals surface area contributed by atoms with Crippen LogP contribution in [0.2, 0.25) is 0 Å². The molecule has 1 amide bonds. The number of nitrogens with zero attached hydrogens (tertiary/aromatic N) is 2. The fraction of sp³-hybridized carbons (Fsp3) is 0.350. The first-order valence-electron chi connectivity index (χ1n) is 9.27. The van der Waals surface area contributed by atoms with E-state index in [-0.39, 0.29) is 34.0 Å². The zero-order valence-corrected chi connectivity index (χ0v) is 19.3. The van der Waals surface area contributed by atoms with E-state index in [1.54, 1.807) is 18.2 Å². The number of sulfonamides is 1. The lowest BCUT2D eigenvalue weighted by Crippen LogP contribution is -2.28. The van der Waals surface area contributed by atoms with Gasteiger partial charge in [0, 0.05) is 25.9 Å². The Morgan fingerprint density at radius 3 is 2.42 bits per heavy atom. The smallest absolute Gasteiger partial charge is 0.311 e. The number of ether oxygens (including phenoxy) is 1. The van der Waals surface area contributed by atoms with Gasteiger partial charge in [-0.1, -0.05) is 18.2 Å². The van der Waals surface area contributed by atoms with Crippen molar-refractivity contribution in [1.82, 2.24) is 9.62 Å². The van der Waals surface area contributed by atoms with E-state index in [1.165, 1.54) is 57.2 Å². The normalized spacial score (nSPS) is 12.4. The van der Waals surface area contributed by atoms with E-state index in [9.17, 15) is 23.3 Å². The van der Waals surface area contributed by atoms with Gasteiger partial charge in [-0.2, -0.15) is 0 Å². The summed E-state index contributed by atoms with van der Waals surface area (Å²) in [7, 11) is 0.803. The summed E-state index contributed by atoms with van der Waals surface area (Å²) in [5.74, 6) is 0.612. The third kappa shape index (κ3) is 6.42. The summed E-state index contributed by atoms with van der Waals surface area (Å²) in [5, 5.41) is 14.0. The van der Waals surface area contributed by atoms with E-state index in [0.29, 0.717) is 5.75 Å². The van der Waals surface area contributed by atoms with Crippen LogP contribution in [-0.2, 0) is 20.6 Å². The van der Waals surface area contributed by atoms with Crippen LogP contribution in [0.1, 0.15) is 24.1 Å². The van der Waals surface area contributed by atoms with E-state index in [2.05, 4.69) is 5.32 Å². The summed E-state index contributed by atoms with van der Waals surface area (Å²) in [5.41, 5.74) is 1.39. The van der Waals surface area contributed by atoms with Crippen molar-refractivity contribution in [2.75, 3.05) is 27.0 Å². The molecule has 31 heavy (non-hydrogen) atoms. The number of nitro benzene ring substituents is 1. The van der Waals surface area contributed by atoms with E-state index >= 15 is 0 Å². The first kappa shape index (κ1) is 24.6. The molecule has 168 valence electrons. The van der Waals surface area contributed by atoms with Crippen molar-refractivity contribution in [3.8, 4) is 5.75 Å². The maximum absolute atomic E-state index is 12.2. The summed E-state index contributed by atoms with van der Waals surface area (Å²) >= 11 is 1.33. The van der Waals surface area contributed by atoms with E-state index in [0.717, 1.165) is 15.4 Å². The molecule has 0 aromatic heterocycles. The molecule has 0 radical (unpaired) electrons. The van der Waals surface area contributed by atoms with Crippen LogP contribution in [-0.4, -0.2) is 50.5 Å². The average molecular weight is 468 g/mol. The van der Waals surface area contributed by atoms with Crippen molar-refractivity contribution >= 4 is 33.4 Å². The fourth-order valence-electron chi connectivity index (χ4n) is 2.74. The quantitative estimate of drug-likeness (QED) is 0.421. The van der Waals surface area contributed by atoms with Crippen LogP contribution >= 0.6 is 11.8 Å². The zero-order chi connectivity index (χ0) is 23.2. The number of hydrogen-bond acceptors (Lipinski definition) is 7. The minimum absolute atomic E-state index is 0.113. The Bertz CT molecular complexity index is 1040. The maximum atomic E-state index is 12.2. The van der Waals surface area contributed by atoms with Crippen LogP contribution in [0.15, 0.2) is 47.4 Å². The van der Waals surface area contributed by atoms with E-state index in [1.807, 2.05) is 6.92 Å². The molecule has 1 N–H and O–H groups in total. The highest BCUT2D eigenvalue weighted by Gasteiger charge is 2.18. The van der Waals surface area contributed by atoms with E-state index in [4.69, 9.17) is 4.74 Å². The minimum atomic E-state index is -3.50. The minimum Gasteiger partial charge on any atom is -0.490 e. The molecular formula is C20H25N3O6S2. The number of carbonyl (C=O) groups excluding carboxylic acids is 1. The molecule has 9 nitrogen and oxygen atoms in total. The second kappa shape index (κ2) is 10.6. The van der Waals surface area contributed by atoms with Gasteiger partial charge in [0.25, 0.3) is 0 Å². The molecule has 11 heteroatoms. The van der Waals surface area contributed by atoms with Gasteiger partial charge in [-0.05, 0) is 36.2 Å². The zero-order valence-electron chi connectivity index (χ0n) is 17.7. The molecule has 0 bridgehead atoms. The number of thioether (sulfide) groups is 1. The Balaban J connectivity index is 1.90. The molecule has 0 saturated heterocycles. The Hall–Kier alpha value is -2.63. The van der Waals surface area contributed by atoms with Gasteiger partial charge in [0.2, 0.25) is 15.9 Å². The highest BCUT2D eigenvalue weighted by atomic mass is 32.2. The topological polar surface area (TPSA) is 119 Å². The molecule has 2 aromatic carbocycles. The Morgan fingerprint density at radius 1 is 1.23 bits per heavy atom. The predicted octanol–water partition coefficient (Wildman–Crippen LogP) is 2.96. The molecule has 0 aliphatic carbocycles. The molecule has 2 aromatic rings. The van der Waals surface area contributed by atoms with Gasteiger partial charge in [0.15, 0.2) is 5.75 Å². The Kier molecular flexibility index (Phi) is 8.43. The van der Waals surface area contributed by atoms with Gasteiger partial charge < -0.3 is 10.1 Å². The molecule has 1 atom stereocenters. The summed E-state index contributed by atoms with van der Waals surface area (Å²) in [6.45, 7) is 1.81. The summed E-state index contributed by atoms with van der Waals surface area (Å²) in [4.78, 5) is 23.0. The summed E-state index contributed by atoms with van der Waals surface area (Å²) in [6.07, 6.45) is 0. The van der Waals surface area contributed by atoms with Gasteiger partial charge in [0.1, 0.15) is 0 Å². The van der Waals surface area contributed by atoms with Crippen molar-refractivity contribution in [3.63, 3.8) is 0 Å². The van der Waals surface area contributed by atoms with Crippen molar-refractivity contribution in [1.29, 1.82) is 0 Å². The van der Waals surface area contributed by atoms with Crippen LogP contribution < -0.4 is 10.1 Å². The Morgan fingerprint density at radius 2 is 1.87 bits per heavy atom. The molecular weight excluding hydrogens is 442 g/mol. The van der Waals surface area contributed by atoms with Crippen molar-refractivity contribution in [3.05, 3.63) is 63.7 Å². The lowest BCUT2D eigenvalue weighted by atomic mass is 10.1. The highest BCUT2D eigenvalue weighted by Crippen LogP contribution is 2.29. The predicted molar refractivity (Wildman–Crippen MR) is 120 cm³/mol. The van der Waals surface area contributed by atoms with Crippen LogP contribution in [0.25, 0.3) is 0 Å². The molecule has 0 spiro atoms. The van der Waals surface area contributed by atoms with Gasteiger partial charge in [-0.3, -0.25) is 14.9 Å². The molecule has 0 saturated carbocycles. The molecule has 0 heterocycles. The Labute approximate surface area is 186 Å². The first-order valence-corrected chi connectivity index (χ1v) is 11.9. The molecule has 2 rings (SSSR count). The van der Waals surface area contributed by atoms with E-state index < -0.39 is 14.9 Å². The largest absolute Gasteiger partial charge is 0.490 e. The number of methoxy groups -OCH3 is 1. The first-order chi connectivity index (χ1) is 14.6. The summed E-state index contributed by atoms with van der Waals surface area (Å²) < 4.78 is 30.4. The second-order valence-corrected chi connectivity index (χ2v) is 10.0. The van der Waals surface area contributed by atoms with Crippen LogP contribution in [0.3, 0.4) is 0 Å². The highest BCUT2D eigenvalue weighted by molar-refractivity contribution is 7.99. The van der Waals surface area contributed by atoms with Gasteiger partial charge in [0.05, 0.1) is 28.7 Å². The molecule has 1 unspecified atom stereocenters. The average Bonchev–Trinajstić information content (AvgIpc) is 2.73. The van der Waals surface area contributed by atoms with Gasteiger partial charge in [-0.15, -0.1) is 11.8 Å². The summed E-state index contributed by atoms with van der Waals surface area (Å²) in [6, 6.07) is 10.8. The standard InChI is InChI=1S/C20H25N3O6S2/c1-14(16-6-8-17(9-7-16)31(27,28)22(2)3)21-20(24)13-30-12-15-5-10-19(29-4)18(11-15)23(25)26/h5-11,14H,12-13H2,1-4H3,(H,21,24). The SMILES string of the molecule is COc1ccc(CSCC(=O)NC(C)c2ccc(S(=O)(=O)N(C)C)cc2)cc1[N+](=O)[O-]. The fourth-order valence-corrected chi connectivity index (χ4v) is 4.42. The number of carbonyl (C=O) groups is 1. The lowest BCUT2D eigenvalue weighted by molar-refractivity contribution is -0.385. The molecule has 0 aliphatic heterocycles. The van der Waals surface area contributed by atoms with Crippen molar-refractivity contribution < 1.29 is 22.9 Å². The van der Waals surface area contributed by atoms with Crippen LogP contribution in [0.4, 0.5) is 5.69 Å². The number of rotatable bonds is 10. The number of hydrogen-bond donors (Lipinski definition) is 1. The number of nitrogens with one attached hydrogen (secondary N) is 1. The van der Waals surface area contributed by atoms with Crippen LogP contribution in [0, 0.1) is 10.1 Å². The molecule has 0 fully saturated rings. The third-order valence-electron chi connectivity index (χ3n) is 4.48. The maximum Gasteiger partial charge on any atom is 0.311 e.